The smallest absolute Gasteiger partial charge is 0.254 e. The fraction of sp³-hybridized carbons (Fsp3) is 0.600. The molecule has 0 saturated heterocycles. The van der Waals surface area contributed by atoms with Gasteiger partial charge in [0.25, 0.3) is 5.56 Å². The van der Waals surface area contributed by atoms with Gasteiger partial charge in [-0.15, -0.1) is 0 Å². The average Bonchev–Trinajstić information content (AvgIpc) is 2.12. The molecule has 0 aliphatic heterocycles. The van der Waals surface area contributed by atoms with Crippen molar-refractivity contribution in [2.45, 2.75) is 33.7 Å². The van der Waals surface area contributed by atoms with Crippen LogP contribution in [0.5, 0.6) is 0 Å². The van der Waals surface area contributed by atoms with E-state index in [9.17, 15) is 4.79 Å². The Balaban J connectivity index is 3.19. The highest BCUT2D eigenvalue weighted by atomic mass is 16.1. The van der Waals surface area contributed by atoms with E-state index in [1.807, 2.05) is 20.8 Å². The summed E-state index contributed by atoms with van der Waals surface area (Å²) in [6.45, 7) is 7.58. The molecular weight excluding hydrogens is 178 g/mol. The van der Waals surface area contributed by atoms with Crippen molar-refractivity contribution >= 4 is 0 Å². The molecule has 0 radical (unpaired) electrons. The minimum atomic E-state index is -0.206. The Hall–Kier alpha value is -1.16. The number of aryl methyl sites for hydroxylation is 1. The maximum Gasteiger partial charge on any atom is 0.254 e. The van der Waals surface area contributed by atoms with Crippen molar-refractivity contribution in [3.63, 3.8) is 0 Å². The van der Waals surface area contributed by atoms with Crippen molar-refractivity contribution in [1.29, 1.82) is 0 Å². The molecule has 1 heterocycles. The maximum atomic E-state index is 11.4. The van der Waals surface area contributed by atoms with Gasteiger partial charge in [-0.1, -0.05) is 13.8 Å². The second kappa shape index (κ2) is 3.92. The Kier molecular flexibility index (Phi) is 3.06. The number of nitrogens with one attached hydrogen (secondary N) is 1. The van der Waals surface area contributed by atoms with E-state index in [-0.39, 0.29) is 17.5 Å². The summed E-state index contributed by atoms with van der Waals surface area (Å²) in [7, 11) is 0. The molecule has 1 rings (SSSR count). The van der Waals surface area contributed by atoms with Crippen LogP contribution in [-0.4, -0.2) is 9.97 Å². The first kappa shape index (κ1) is 10.9. The van der Waals surface area contributed by atoms with Crippen molar-refractivity contribution in [3.8, 4) is 0 Å². The van der Waals surface area contributed by atoms with E-state index in [0.717, 1.165) is 5.69 Å². The van der Waals surface area contributed by atoms with Gasteiger partial charge in [0.1, 0.15) is 5.82 Å². The number of nitrogens with two attached hydrogens (primary N) is 1. The number of aromatic amines is 1. The number of hydrogen-bond donors (Lipinski definition) is 2. The third kappa shape index (κ3) is 2.01. The zero-order valence-electron chi connectivity index (χ0n) is 9.09. The van der Waals surface area contributed by atoms with E-state index in [0.29, 0.717) is 11.4 Å². The Morgan fingerprint density at radius 1 is 1.36 bits per heavy atom. The molecule has 4 heteroatoms. The SMILES string of the molecule is Cc1nc(C(N)C(C)C)[nH]c(=O)c1C. The summed E-state index contributed by atoms with van der Waals surface area (Å²) in [4.78, 5) is 18.4. The quantitative estimate of drug-likeness (QED) is 0.740. The summed E-state index contributed by atoms with van der Waals surface area (Å²) < 4.78 is 0. The van der Waals surface area contributed by atoms with Crippen LogP contribution in [0.15, 0.2) is 4.79 Å². The first-order chi connectivity index (χ1) is 6.43. The lowest BCUT2D eigenvalue weighted by Crippen LogP contribution is -2.25. The number of hydrogen-bond acceptors (Lipinski definition) is 3. The summed E-state index contributed by atoms with van der Waals surface area (Å²) in [6.07, 6.45) is 0. The van der Waals surface area contributed by atoms with Crippen molar-refractivity contribution in [2.24, 2.45) is 11.7 Å². The molecule has 0 saturated carbocycles. The molecular formula is C10H17N3O. The second-order valence-electron chi connectivity index (χ2n) is 3.93. The van der Waals surface area contributed by atoms with E-state index in [1.54, 1.807) is 6.92 Å². The molecule has 0 amide bonds. The molecule has 0 aromatic carbocycles. The minimum absolute atomic E-state index is 0.0939. The molecule has 1 aromatic rings. The van der Waals surface area contributed by atoms with Gasteiger partial charge >= 0.3 is 0 Å². The van der Waals surface area contributed by atoms with Crippen molar-refractivity contribution in [1.82, 2.24) is 9.97 Å². The monoisotopic (exact) mass is 195 g/mol. The Labute approximate surface area is 83.6 Å². The first-order valence-electron chi connectivity index (χ1n) is 4.76. The number of H-pyrrole nitrogens is 1. The molecule has 1 unspecified atom stereocenters. The van der Waals surface area contributed by atoms with Gasteiger partial charge in [0.05, 0.1) is 6.04 Å². The largest absolute Gasteiger partial charge is 0.321 e. The van der Waals surface area contributed by atoms with Gasteiger partial charge in [0.2, 0.25) is 0 Å². The normalized spacial score (nSPS) is 13.3. The van der Waals surface area contributed by atoms with Gasteiger partial charge < -0.3 is 10.7 Å². The van der Waals surface area contributed by atoms with Crippen LogP contribution >= 0.6 is 0 Å². The highest BCUT2D eigenvalue weighted by Gasteiger charge is 2.14. The molecule has 78 valence electrons. The van der Waals surface area contributed by atoms with E-state index in [4.69, 9.17) is 5.73 Å². The van der Waals surface area contributed by atoms with E-state index in [1.165, 1.54) is 0 Å². The highest BCUT2D eigenvalue weighted by molar-refractivity contribution is 5.15. The van der Waals surface area contributed by atoms with Crippen LogP contribution in [0.1, 0.15) is 37.0 Å². The zero-order chi connectivity index (χ0) is 10.9. The molecule has 1 aromatic heterocycles. The van der Waals surface area contributed by atoms with Gasteiger partial charge in [-0.25, -0.2) is 4.98 Å². The fourth-order valence-corrected chi connectivity index (χ4v) is 1.14. The van der Waals surface area contributed by atoms with Crippen molar-refractivity contribution in [2.75, 3.05) is 0 Å². The summed E-state index contributed by atoms with van der Waals surface area (Å²) >= 11 is 0. The second-order valence-corrected chi connectivity index (χ2v) is 3.93. The third-order valence-electron chi connectivity index (χ3n) is 2.45. The molecule has 3 N–H and O–H groups in total. The predicted octanol–water partition coefficient (Wildman–Crippen LogP) is 1.04. The standard InChI is InChI=1S/C10H17N3O/c1-5(2)8(11)9-12-7(4)6(3)10(14)13-9/h5,8H,11H2,1-4H3,(H,12,13,14). The summed E-state index contributed by atoms with van der Waals surface area (Å²) in [5, 5.41) is 0. The van der Waals surface area contributed by atoms with Gasteiger partial charge in [0.15, 0.2) is 0 Å². The zero-order valence-corrected chi connectivity index (χ0v) is 9.09. The van der Waals surface area contributed by atoms with Gasteiger partial charge in [-0.3, -0.25) is 4.79 Å². The molecule has 0 aliphatic rings. The topological polar surface area (TPSA) is 71.8 Å². The van der Waals surface area contributed by atoms with Crippen LogP contribution in [0.2, 0.25) is 0 Å². The van der Waals surface area contributed by atoms with Crippen LogP contribution < -0.4 is 11.3 Å². The van der Waals surface area contributed by atoms with Crippen LogP contribution in [0.3, 0.4) is 0 Å². The van der Waals surface area contributed by atoms with Crippen LogP contribution in [0, 0.1) is 19.8 Å². The van der Waals surface area contributed by atoms with E-state index >= 15 is 0 Å². The number of nitrogens with zero attached hydrogens (tertiary/aromatic N) is 1. The molecule has 0 bridgehead atoms. The molecule has 14 heavy (non-hydrogen) atoms. The van der Waals surface area contributed by atoms with E-state index < -0.39 is 0 Å². The fourth-order valence-electron chi connectivity index (χ4n) is 1.14. The first-order valence-corrected chi connectivity index (χ1v) is 4.76. The third-order valence-corrected chi connectivity index (χ3v) is 2.45. The number of aromatic nitrogens is 2. The average molecular weight is 195 g/mol. The molecule has 0 spiro atoms. The predicted molar refractivity (Wildman–Crippen MR) is 56.1 cm³/mol. The lowest BCUT2D eigenvalue weighted by atomic mass is 10.0. The van der Waals surface area contributed by atoms with Gasteiger partial charge in [-0.05, 0) is 19.8 Å². The molecule has 0 aliphatic carbocycles. The van der Waals surface area contributed by atoms with Gasteiger partial charge in [-0.2, -0.15) is 0 Å². The van der Waals surface area contributed by atoms with Crippen LogP contribution in [-0.2, 0) is 0 Å². The Morgan fingerprint density at radius 3 is 2.36 bits per heavy atom. The minimum Gasteiger partial charge on any atom is -0.321 e. The van der Waals surface area contributed by atoms with Gasteiger partial charge in [0, 0.05) is 11.3 Å². The summed E-state index contributed by atoms with van der Waals surface area (Å²) in [5.41, 5.74) is 7.21. The van der Waals surface area contributed by atoms with Crippen molar-refractivity contribution in [3.05, 3.63) is 27.4 Å². The molecule has 4 nitrogen and oxygen atoms in total. The van der Waals surface area contributed by atoms with Crippen LogP contribution in [0.25, 0.3) is 0 Å². The summed E-state index contributed by atoms with van der Waals surface area (Å²) in [6, 6.07) is -0.206. The maximum absolute atomic E-state index is 11.4. The lowest BCUT2D eigenvalue weighted by Gasteiger charge is -2.15. The lowest BCUT2D eigenvalue weighted by molar-refractivity contribution is 0.487. The summed E-state index contributed by atoms with van der Waals surface area (Å²) in [5.74, 6) is 0.841. The molecule has 0 fully saturated rings. The molecule has 1 atom stereocenters. The van der Waals surface area contributed by atoms with Crippen molar-refractivity contribution < 1.29 is 0 Å². The van der Waals surface area contributed by atoms with E-state index in [2.05, 4.69) is 9.97 Å². The number of rotatable bonds is 2. The van der Waals surface area contributed by atoms with Crippen LogP contribution in [0.4, 0.5) is 0 Å². The Morgan fingerprint density at radius 2 is 1.93 bits per heavy atom. The highest BCUT2D eigenvalue weighted by Crippen LogP contribution is 2.14. The Bertz CT molecular complexity index is 381.